The second-order valence-electron chi connectivity index (χ2n) is 7.33. The van der Waals surface area contributed by atoms with Crippen molar-refractivity contribution in [2.75, 3.05) is 0 Å². The van der Waals surface area contributed by atoms with Crippen molar-refractivity contribution in [3.63, 3.8) is 0 Å². The Morgan fingerprint density at radius 3 is 2.10 bits per heavy atom. The van der Waals surface area contributed by atoms with Crippen molar-refractivity contribution in [3.05, 3.63) is 17.3 Å². The van der Waals surface area contributed by atoms with Gasteiger partial charge in [-0.15, -0.1) is 0 Å². The lowest BCUT2D eigenvalue weighted by atomic mass is 9.79. The van der Waals surface area contributed by atoms with Gasteiger partial charge in [-0.1, -0.05) is 17.7 Å². The molecule has 0 N–H and O–H groups in total. The number of aromatic nitrogens is 1. The van der Waals surface area contributed by atoms with E-state index in [0.717, 1.165) is 5.46 Å². The first kappa shape index (κ1) is 16.6. The highest BCUT2D eigenvalue weighted by atomic mass is 35.5. The molecule has 1 saturated heterocycles. The molecule has 6 heteroatoms. The van der Waals surface area contributed by atoms with Crippen LogP contribution in [0.15, 0.2) is 12.1 Å². The third kappa shape index (κ3) is 3.53. The number of hydrogen-bond donors (Lipinski definition) is 0. The minimum absolute atomic E-state index is 0.379. The van der Waals surface area contributed by atoms with Gasteiger partial charge in [0.15, 0.2) is 0 Å². The van der Waals surface area contributed by atoms with Gasteiger partial charge in [-0.25, -0.2) is 4.98 Å². The van der Waals surface area contributed by atoms with Crippen LogP contribution >= 0.6 is 11.6 Å². The van der Waals surface area contributed by atoms with Gasteiger partial charge >= 0.3 is 7.12 Å². The van der Waals surface area contributed by atoms with Gasteiger partial charge in [0.2, 0.25) is 5.88 Å². The summed E-state index contributed by atoms with van der Waals surface area (Å²) >= 11 is 5.99. The number of rotatable bonds is 2. The lowest BCUT2D eigenvalue weighted by molar-refractivity contribution is 0.00578. The van der Waals surface area contributed by atoms with Gasteiger partial charge in [0, 0.05) is 5.46 Å². The molecule has 1 aromatic heterocycles. The van der Waals surface area contributed by atoms with Crippen LogP contribution in [-0.4, -0.2) is 28.9 Å². The molecule has 0 saturated carbocycles. The SMILES string of the molecule is CC(C)(C)Oc1nc(Cl)ccc1B1OC(C)(C)C(C)(C)O1. The molecular formula is C15H23BClNO3. The van der Waals surface area contributed by atoms with Crippen molar-refractivity contribution in [3.8, 4) is 5.88 Å². The molecule has 4 nitrogen and oxygen atoms in total. The summed E-state index contributed by atoms with van der Waals surface area (Å²) in [5.41, 5.74) is -0.434. The molecule has 0 unspecified atom stereocenters. The molecule has 0 radical (unpaired) electrons. The Morgan fingerprint density at radius 1 is 1.10 bits per heavy atom. The summed E-state index contributed by atoms with van der Waals surface area (Å²) in [5, 5.41) is 0.384. The van der Waals surface area contributed by atoms with Gasteiger partial charge in [-0.3, -0.25) is 0 Å². The smallest absolute Gasteiger partial charge is 0.472 e. The Hall–Kier alpha value is -0.775. The van der Waals surface area contributed by atoms with Crippen LogP contribution in [0.1, 0.15) is 48.5 Å². The number of halogens is 1. The molecule has 0 aromatic carbocycles. The molecule has 0 bridgehead atoms. The van der Waals surface area contributed by atoms with Crippen molar-refractivity contribution in [1.29, 1.82) is 0 Å². The van der Waals surface area contributed by atoms with Crippen LogP contribution < -0.4 is 10.2 Å². The summed E-state index contributed by atoms with van der Waals surface area (Å²) in [6.07, 6.45) is 0. The first-order chi connectivity index (χ1) is 9.41. The van der Waals surface area contributed by atoms with Crippen molar-refractivity contribution < 1.29 is 14.0 Å². The average Bonchev–Trinajstić information content (AvgIpc) is 2.45. The van der Waals surface area contributed by atoms with Crippen LogP contribution in [0.4, 0.5) is 0 Å². The van der Waals surface area contributed by atoms with Crippen LogP contribution in [0.25, 0.3) is 0 Å². The predicted octanol–water partition coefficient (Wildman–Crippen LogP) is 3.21. The molecule has 2 heterocycles. The molecule has 116 valence electrons. The van der Waals surface area contributed by atoms with Gasteiger partial charge in [0.05, 0.1) is 11.2 Å². The first-order valence-electron chi connectivity index (χ1n) is 7.12. The highest BCUT2D eigenvalue weighted by Crippen LogP contribution is 2.37. The molecule has 1 aromatic rings. The number of ether oxygens (including phenoxy) is 1. The van der Waals surface area contributed by atoms with E-state index in [-0.39, 0.29) is 5.60 Å². The van der Waals surface area contributed by atoms with Crippen molar-refractivity contribution in [2.45, 2.75) is 65.3 Å². The Labute approximate surface area is 132 Å². The van der Waals surface area contributed by atoms with Crippen LogP contribution in [0.2, 0.25) is 5.15 Å². The largest absolute Gasteiger partial charge is 0.500 e. The van der Waals surface area contributed by atoms with Crippen LogP contribution in [0, 0.1) is 0 Å². The molecule has 1 fully saturated rings. The molecule has 0 spiro atoms. The van der Waals surface area contributed by atoms with Crippen LogP contribution in [-0.2, 0) is 9.31 Å². The maximum atomic E-state index is 6.06. The third-order valence-electron chi connectivity index (χ3n) is 3.77. The molecular weight excluding hydrogens is 288 g/mol. The summed E-state index contributed by atoms with van der Waals surface area (Å²) < 4.78 is 18.0. The maximum Gasteiger partial charge on any atom is 0.500 e. The molecule has 0 aliphatic carbocycles. The van der Waals surface area contributed by atoms with E-state index in [0.29, 0.717) is 11.0 Å². The monoisotopic (exact) mass is 311 g/mol. The second-order valence-corrected chi connectivity index (χ2v) is 7.72. The maximum absolute atomic E-state index is 6.06. The highest BCUT2D eigenvalue weighted by molar-refractivity contribution is 6.63. The summed E-state index contributed by atoms with van der Waals surface area (Å²) in [7, 11) is -0.517. The summed E-state index contributed by atoms with van der Waals surface area (Å²) in [5.74, 6) is 0.452. The zero-order valence-corrected chi connectivity index (χ0v) is 14.5. The lowest BCUT2D eigenvalue weighted by Gasteiger charge is -2.32. The fourth-order valence-electron chi connectivity index (χ4n) is 1.95. The van der Waals surface area contributed by atoms with E-state index in [4.69, 9.17) is 25.6 Å². The minimum Gasteiger partial charge on any atom is -0.472 e. The molecule has 1 aliphatic heterocycles. The van der Waals surface area contributed by atoms with Gasteiger partial charge in [-0.05, 0) is 54.5 Å². The quantitative estimate of drug-likeness (QED) is 0.621. The van der Waals surface area contributed by atoms with Crippen LogP contribution in [0.5, 0.6) is 5.88 Å². The topological polar surface area (TPSA) is 40.6 Å². The zero-order chi connectivity index (χ0) is 16.1. The Bertz CT molecular complexity index is 524. The molecule has 1 aliphatic rings. The van der Waals surface area contributed by atoms with Gasteiger partial charge in [0.25, 0.3) is 0 Å². The number of nitrogens with zero attached hydrogens (tertiary/aromatic N) is 1. The first-order valence-corrected chi connectivity index (χ1v) is 7.50. The molecule has 2 rings (SSSR count). The van der Waals surface area contributed by atoms with E-state index >= 15 is 0 Å². The van der Waals surface area contributed by atoms with Crippen LogP contribution in [0.3, 0.4) is 0 Å². The Balaban J connectivity index is 2.37. The van der Waals surface area contributed by atoms with E-state index in [1.807, 2.05) is 54.5 Å². The van der Waals surface area contributed by atoms with Crippen molar-refractivity contribution in [2.24, 2.45) is 0 Å². The highest BCUT2D eigenvalue weighted by Gasteiger charge is 2.52. The zero-order valence-electron chi connectivity index (χ0n) is 13.8. The Kier molecular flexibility index (Phi) is 4.07. The Morgan fingerprint density at radius 2 is 1.62 bits per heavy atom. The van der Waals surface area contributed by atoms with E-state index in [1.54, 1.807) is 6.07 Å². The van der Waals surface area contributed by atoms with Gasteiger partial charge in [-0.2, -0.15) is 0 Å². The summed E-state index contributed by atoms with van der Waals surface area (Å²) in [6.45, 7) is 13.9. The van der Waals surface area contributed by atoms with Gasteiger partial charge < -0.3 is 14.0 Å². The standard InChI is InChI=1S/C15H23BClNO3/c1-13(2,3)19-12-10(8-9-11(17)18-12)16-20-14(4,5)15(6,7)21-16/h8-9H,1-7H3. The lowest BCUT2D eigenvalue weighted by Crippen LogP contribution is -2.41. The summed E-state index contributed by atoms with van der Waals surface area (Å²) in [6, 6.07) is 3.57. The van der Waals surface area contributed by atoms with Crippen molar-refractivity contribution >= 4 is 24.2 Å². The van der Waals surface area contributed by atoms with E-state index in [2.05, 4.69) is 4.98 Å². The molecule has 21 heavy (non-hydrogen) atoms. The normalized spacial score (nSPS) is 20.7. The van der Waals surface area contributed by atoms with E-state index in [1.165, 1.54) is 0 Å². The van der Waals surface area contributed by atoms with E-state index in [9.17, 15) is 0 Å². The summed E-state index contributed by atoms with van der Waals surface area (Å²) in [4.78, 5) is 4.28. The fourth-order valence-corrected chi connectivity index (χ4v) is 2.09. The minimum atomic E-state index is -0.517. The number of pyridine rings is 1. The fraction of sp³-hybridized carbons (Fsp3) is 0.667. The second kappa shape index (κ2) is 5.15. The molecule has 0 atom stereocenters. The number of hydrogen-bond acceptors (Lipinski definition) is 4. The molecule has 0 amide bonds. The predicted molar refractivity (Wildman–Crippen MR) is 85.3 cm³/mol. The van der Waals surface area contributed by atoms with Gasteiger partial charge in [0.1, 0.15) is 10.8 Å². The van der Waals surface area contributed by atoms with Crippen molar-refractivity contribution in [1.82, 2.24) is 4.98 Å². The third-order valence-corrected chi connectivity index (χ3v) is 3.98. The van der Waals surface area contributed by atoms with E-state index < -0.39 is 18.3 Å². The average molecular weight is 312 g/mol.